The standard InChI is InChI=1S/C17H27NO2/c1-13-8-9-17(18,14(2)12-13)15-6-4-5-7-16(15)20-11-10-19-3/h4-7,13-14H,8-12,18H2,1-3H3. The van der Waals surface area contributed by atoms with Crippen LogP contribution in [0.3, 0.4) is 0 Å². The van der Waals surface area contributed by atoms with Crippen molar-refractivity contribution in [2.75, 3.05) is 20.3 Å². The first-order valence-corrected chi connectivity index (χ1v) is 7.58. The average Bonchev–Trinajstić information content (AvgIpc) is 2.44. The molecule has 1 fully saturated rings. The van der Waals surface area contributed by atoms with E-state index in [0.29, 0.717) is 19.1 Å². The predicted octanol–water partition coefficient (Wildman–Crippen LogP) is 3.32. The third kappa shape index (κ3) is 3.15. The monoisotopic (exact) mass is 277 g/mol. The molecule has 3 atom stereocenters. The number of hydrogen-bond acceptors (Lipinski definition) is 3. The van der Waals surface area contributed by atoms with Crippen molar-refractivity contribution >= 4 is 0 Å². The number of hydrogen-bond donors (Lipinski definition) is 1. The first-order valence-electron chi connectivity index (χ1n) is 7.58. The van der Waals surface area contributed by atoms with Crippen molar-refractivity contribution in [2.45, 2.75) is 38.6 Å². The second kappa shape index (κ2) is 6.59. The van der Waals surface area contributed by atoms with Gasteiger partial charge in [0.25, 0.3) is 0 Å². The zero-order valence-corrected chi connectivity index (χ0v) is 12.9. The van der Waals surface area contributed by atoms with Crippen LogP contribution in [0.2, 0.25) is 0 Å². The van der Waals surface area contributed by atoms with Gasteiger partial charge in [-0.1, -0.05) is 32.0 Å². The highest BCUT2D eigenvalue weighted by atomic mass is 16.5. The fourth-order valence-corrected chi connectivity index (χ4v) is 3.28. The summed E-state index contributed by atoms with van der Waals surface area (Å²) in [5, 5.41) is 0. The Kier molecular flexibility index (Phi) is 5.06. The maximum atomic E-state index is 6.78. The fraction of sp³-hybridized carbons (Fsp3) is 0.647. The van der Waals surface area contributed by atoms with Crippen LogP contribution in [0.25, 0.3) is 0 Å². The quantitative estimate of drug-likeness (QED) is 0.840. The highest BCUT2D eigenvalue weighted by Crippen LogP contribution is 2.44. The van der Waals surface area contributed by atoms with Gasteiger partial charge in [-0.25, -0.2) is 0 Å². The summed E-state index contributed by atoms with van der Waals surface area (Å²) in [7, 11) is 1.68. The fourth-order valence-electron chi connectivity index (χ4n) is 3.28. The van der Waals surface area contributed by atoms with E-state index in [2.05, 4.69) is 26.0 Å². The van der Waals surface area contributed by atoms with Crippen LogP contribution in [0.1, 0.15) is 38.7 Å². The zero-order valence-electron chi connectivity index (χ0n) is 12.9. The molecule has 0 aliphatic heterocycles. The van der Waals surface area contributed by atoms with Crippen molar-refractivity contribution in [3.8, 4) is 5.75 Å². The molecule has 0 heterocycles. The average molecular weight is 277 g/mol. The van der Waals surface area contributed by atoms with Gasteiger partial charge in [0.05, 0.1) is 6.61 Å². The van der Waals surface area contributed by atoms with Crippen LogP contribution in [-0.4, -0.2) is 20.3 Å². The minimum absolute atomic E-state index is 0.268. The number of nitrogens with two attached hydrogens (primary N) is 1. The Morgan fingerprint density at radius 2 is 2.00 bits per heavy atom. The van der Waals surface area contributed by atoms with Crippen LogP contribution >= 0.6 is 0 Å². The van der Waals surface area contributed by atoms with E-state index in [1.165, 1.54) is 12.8 Å². The van der Waals surface area contributed by atoms with E-state index in [4.69, 9.17) is 15.2 Å². The molecule has 1 saturated carbocycles. The summed E-state index contributed by atoms with van der Waals surface area (Å²) >= 11 is 0. The molecule has 3 unspecified atom stereocenters. The van der Waals surface area contributed by atoms with E-state index in [1.54, 1.807) is 7.11 Å². The number of rotatable bonds is 5. The van der Waals surface area contributed by atoms with Crippen molar-refractivity contribution in [3.63, 3.8) is 0 Å². The Morgan fingerprint density at radius 3 is 2.70 bits per heavy atom. The van der Waals surface area contributed by atoms with Gasteiger partial charge in [0, 0.05) is 18.2 Å². The summed E-state index contributed by atoms with van der Waals surface area (Å²) in [5.41, 5.74) is 7.66. The normalized spacial score (nSPS) is 30.2. The molecule has 1 aromatic rings. The van der Waals surface area contributed by atoms with Gasteiger partial charge < -0.3 is 15.2 Å². The number of benzene rings is 1. The lowest BCUT2D eigenvalue weighted by Gasteiger charge is -2.43. The van der Waals surface area contributed by atoms with Crippen LogP contribution < -0.4 is 10.5 Å². The maximum Gasteiger partial charge on any atom is 0.124 e. The van der Waals surface area contributed by atoms with Gasteiger partial charge in [0.15, 0.2) is 0 Å². The molecule has 0 radical (unpaired) electrons. The number of methoxy groups -OCH3 is 1. The molecular weight excluding hydrogens is 250 g/mol. The molecule has 0 amide bonds. The molecule has 112 valence electrons. The number of ether oxygens (including phenoxy) is 2. The summed E-state index contributed by atoms with van der Waals surface area (Å²) in [6.07, 6.45) is 3.40. The zero-order chi connectivity index (χ0) is 14.6. The molecule has 1 aliphatic rings. The third-order valence-electron chi connectivity index (χ3n) is 4.62. The van der Waals surface area contributed by atoms with Crippen molar-refractivity contribution in [1.82, 2.24) is 0 Å². The summed E-state index contributed by atoms with van der Waals surface area (Å²) in [6.45, 7) is 5.74. The van der Waals surface area contributed by atoms with Gasteiger partial charge in [0.2, 0.25) is 0 Å². The summed E-state index contributed by atoms with van der Waals surface area (Å²) in [6, 6.07) is 8.20. The molecule has 3 nitrogen and oxygen atoms in total. The minimum atomic E-state index is -0.268. The Hall–Kier alpha value is -1.06. The molecule has 0 bridgehead atoms. The summed E-state index contributed by atoms with van der Waals surface area (Å²) in [4.78, 5) is 0. The van der Waals surface area contributed by atoms with E-state index in [0.717, 1.165) is 23.7 Å². The molecule has 0 spiro atoms. The molecular formula is C17H27NO2. The largest absolute Gasteiger partial charge is 0.491 e. The van der Waals surface area contributed by atoms with Gasteiger partial charge in [-0.3, -0.25) is 0 Å². The molecule has 2 rings (SSSR count). The van der Waals surface area contributed by atoms with Crippen molar-refractivity contribution in [1.29, 1.82) is 0 Å². The second-order valence-corrected chi connectivity index (χ2v) is 6.16. The van der Waals surface area contributed by atoms with Gasteiger partial charge in [-0.15, -0.1) is 0 Å². The Morgan fingerprint density at radius 1 is 1.25 bits per heavy atom. The Balaban J connectivity index is 2.22. The van der Waals surface area contributed by atoms with Gasteiger partial charge >= 0.3 is 0 Å². The van der Waals surface area contributed by atoms with Gasteiger partial charge in [-0.2, -0.15) is 0 Å². The summed E-state index contributed by atoms with van der Waals surface area (Å²) in [5.74, 6) is 2.15. The predicted molar refractivity (Wildman–Crippen MR) is 81.9 cm³/mol. The molecule has 0 aromatic heterocycles. The van der Waals surface area contributed by atoms with E-state index in [-0.39, 0.29) is 5.54 Å². The van der Waals surface area contributed by atoms with Gasteiger partial charge in [-0.05, 0) is 37.2 Å². The van der Waals surface area contributed by atoms with Gasteiger partial charge in [0.1, 0.15) is 12.4 Å². The Labute approximate surface area is 122 Å². The van der Waals surface area contributed by atoms with E-state index >= 15 is 0 Å². The van der Waals surface area contributed by atoms with E-state index in [1.807, 2.05) is 12.1 Å². The van der Waals surface area contributed by atoms with Crippen LogP contribution in [0, 0.1) is 11.8 Å². The maximum absolute atomic E-state index is 6.78. The second-order valence-electron chi connectivity index (χ2n) is 6.16. The minimum Gasteiger partial charge on any atom is -0.491 e. The lowest BCUT2D eigenvalue weighted by atomic mass is 9.67. The van der Waals surface area contributed by atoms with Crippen molar-refractivity contribution in [3.05, 3.63) is 29.8 Å². The van der Waals surface area contributed by atoms with E-state index < -0.39 is 0 Å². The lowest BCUT2D eigenvalue weighted by Crippen LogP contribution is -2.46. The SMILES string of the molecule is COCCOc1ccccc1C1(N)CCC(C)CC1C. The first-order chi connectivity index (χ1) is 9.58. The first kappa shape index (κ1) is 15.3. The third-order valence-corrected chi connectivity index (χ3v) is 4.62. The van der Waals surface area contributed by atoms with Crippen LogP contribution in [0.4, 0.5) is 0 Å². The number of para-hydroxylation sites is 1. The molecule has 2 N–H and O–H groups in total. The van der Waals surface area contributed by atoms with Crippen LogP contribution in [-0.2, 0) is 10.3 Å². The molecule has 0 saturated heterocycles. The Bertz CT molecular complexity index is 435. The topological polar surface area (TPSA) is 44.5 Å². The smallest absolute Gasteiger partial charge is 0.124 e. The van der Waals surface area contributed by atoms with Crippen molar-refractivity contribution < 1.29 is 9.47 Å². The molecule has 1 aromatic carbocycles. The van der Waals surface area contributed by atoms with Crippen LogP contribution in [0.15, 0.2) is 24.3 Å². The molecule has 1 aliphatic carbocycles. The van der Waals surface area contributed by atoms with E-state index in [9.17, 15) is 0 Å². The summed E-state index contributed by atoms with van der Waals surface area (Å²) < 4.78 is 10.9. The highest BCUT2D eigenvalue weighted by Gasteiger charge is 2.39. The van der Waals surface area contributed by atoms with Crippen molar-refractivity contribution in [2.24, 2.45) is 17.6 Å². The lowest BCUT2D eigenvalue weighted by molar-refractivity contribution is 0.136. The highest BCUT2D eigenvalue weighted by molar-refractivity contribution is 5.40. The molecule has 3 heteroatoms. The van der Waals surface area contributed by atoms with Crippen LogP contribution in [0.5, 0.6) is 5.75 Å². The molecule has 20 heavy (non-hydrogen) atoms.